The summed E-state index contributed by atoms with van der Waals surface area (Å²) in [6.07, 6.45) is 8.08. The fourth-order valence-corrected chi connectivity index (χ4v) is 6.16. The SMILES string of the molecule is COc1cc2c(cc1OC)CN(Cc1cc3sccc3n1CC1CCCCC1)CC2. The maximum Gasteiger partial charge on any atom is 0.161 e. The summed E-state index contributed by atoms with van der Waals surface area (Å²) in [7, 11) is 3.43. The van der Waals surface area contributed by atoms with Gasteiger partial charge in [0.2, 0.25) is 0 Å². The lowest BCUT2D eigenvalue weighted by Crippen LogP contribution is -2.31. The van der Waals surface area contributed by atoms with Crippen molar-refractivity contribution in [3.63, 3.8) is 0 Å². The zero-order valence-electron chi connectivity index (χ0n) is 18.2. The minimum atomic E-state index is 0.833. The van der Waals surface area contributed by atoms with E-state index in [2.05, 4.69) is 39.1 Å². The molecule has 2 aliphatic rings. The number of methoxy groups -OCH3 is 2. The molecule has 1 aliphatic heterocycles. The number of thiophene rings is 1. The van der Waals surface area contributed by atoms with E-state index in [4.69, 9.17) is 9.47 Å². The predicted octanol–water partition coefficient (Wildman–Crippen LogP) is 5.86. The summed E-state index contributed by atoms with van der Waals surface area (Å²) < 4.78 is 15.1. The molecule has 0 spiro atoms. The first-order chi connectivity index (χ1) is 14.7. The van der Waals surface area contributed by atoms with Crippen molar-refractivity contribution < 1.29 is 9.47 Å². The van der Waals surface area contributed by atoms with E-state index in [1.165, 1.54) is 65.7 Å². The molecule has 30 heavy (non-hydrogen) atoms. The Morgan fingerprint density at radius 3 is 2.53 bits per heavy atom. The third kappa shape index (κ3) is 3.85. The smallest absolute Gasteiger partial charge is 0.161 e. The average Bonchev–Trinajstić information content (AvgIpc) is 3.36. The van der Waals surface area contributed by atoms with Crippen LogP contribution in [0.25, 0.3) is 10.2 Å². The van der Waals surface area contributed by atoms with Gasteiger partial charge in [0.25, 0.3) is 0 Å². The first-order valence-electron chi connectivity index (χ1n) is 11.3. The standard InChI is InChI=1S/C25H32N2O2S/c1-28-23-12-19-8-10-26(16-20(19)13-24(23)29-2)17-21-14-25-22(9-11-30-25)27(21)15-18-6-4-3-5-7-18/h9,11-14,18H,3-8,10,15-17H2,1-2H3. The van der Waals surface area contributed by atoms with Crippen LogP contribution < -0.4 is 9.47 Å². The number of hydrogen-bond acceptors (Lipinski definition) is 4. The normalized spacial score (nSPS) is 17.9. The highest BCUT2D eigenvalue weighted by atomic mass is 32.1. The van der Waals surface area contributed by atoms with Crippen LogP contribution in [0.15, 0.2) is 29.6 Å². The Kier molecular flexibility index (Phi) is 5.74. The minimum Gasteiger partial charge on any atom is -0.493 e. The van der Waals surface area contributed by atoms with Gasteiger partial charge in [-0.15, -0.1) is 11.3 Å². The lowest BCUT2D eigenvalue weighted by atomic mass is 9.89. The maximum atomic E-state index is 5.54. The molecule has 2 aromatic heterocycles. The lowest BCUT2D eigenvalue weighted by Gasteiger charge is -2.30. The first-order valence-corrected chi connectivity index (χ1v) is 12.1. The molecule has 4 nitrogen and oxygen atoms in total. The second kappa shape index (κ2) is 8.64. The summed E-state index contributed by atoms with van der Waals surface area (Å²) in [5.74, 6) is 2.51. The zero-order valence-corrected chi connectivity index (χ0v) is 19.0. The molecule has 3 heterocycles. The van der Waals surface area contributed by atoms with E-state index in [9.17, 15) is 0 Å². The number of aromatic nitrogens is 1. The predicted molar refractivity (Wildman–Crippen MR) is 124 cm³/mol. The molecule has 0 unspecified atom stereocenters. The van der Waals surface area contributed by atoms with Gasteiger partial charge in [0.05, 0.1) is 24.4 Å². The molecule has 1 aliphatic carbocycles. The van der Waals surface area contributed by atoms with Gasteiger partial charge < -0.3 is 14.0 Å². The van der Waals surface area contributed by atoms with Crippen LogP contribution in [0, 0.1) is 5.92 Å². The summed E-state index contributed by atoms with van der Waals surface area (Å²) in [5, 5.41) is 2.24. The number of ether oxygens (including phenoxy) is 2. The Morgan fingerprint density at radius 2 is 1.77 bits per heavy atom. The fraction of sp³-hybridized carbons (Fsp3) is 0.520. The van der Waals surface area contributed by atoms with E-state index in [0.29, 0.717) is 0 Å². The molecule has 0 bridgehead atoms. The van der Waals surface area contributed by atoms with Gasteiger partial charge in [-0.05, 0) is 66.0 Å². The van der Waals surface area contributed by atoms with Gasteiger partial charge in [0.15, 0.2) is 11.5 Å². The quantitative estimate of drug-likeness (QED) is 0.496. The van der Waals surface area contributed by atoms with E-state index in [1.807, 2.05) is 11.3 Å². The second-order valence-corrected chi connectivity index (χ2v) is 9.80. The molecule has 1 fully saturated rings. The molecule has 160 valence electrons. The van der Waals surface area contributed by atoms with E-state index >= 15 is 0 Å². The van der Waals surface area contributed by atoms with Crippen molar-refractivity contribution in [2.75, 3.05) is 20.8 Å². The molecule has 5 rings (SSSR count). The third-order valence-electron chi connectivity index (χ3n) is 6.96. The molecule has 1 aromatic carbocycles. The zero-order chi connectivity index (χ0) is 20.5. The van der Waals surface area contributed by atoms with Crippen LogP contribution in [0.1, 0.15) is 48.9 Å². The Balaban J connectivity index is 1.37. The monoisotopic (exact) mass is 424 g/mol. The van der Waals surface area contributed by atoms with E-state index in [1.54, 1.807) is 14.2 Å². The summed E-state index contributed by atoms with van der Waals surface area (Å²) >= 11 is 1.87. The number of nitrogens with zero attached hydrogens (tertiary/aromatic N) is 2. The summed E-state index contributed by atoms with van der Waals surface area (Å²) in [5.41, 5.74) is 5.67. The fourth-order valence-electron chi connectivity index (χ4n) is 5.31. The van der Waals surface area contributed by atoms with Crippen LogP contribution in [0.4, 0.5) is 0 Å². The van der Waals surface area contributed by atoms with Crippen LogP contribution in [0.2, 0.25) is 0 Å². The van der Waals surface area contributed by atoms with E-state index in [0.717, 1.165) is 43.5 Å². The van der Waals surface area contributed by atoms with Crippen molar-refractivity contribution in [3.05, 3.63) is 46.5 Å². The summed E-state index contributed by atoms with van der Waals surface area (Å²) in [6.45, 7) is 4.26. The van der Waals surface area contributed by atoms with Crippen molar-refractivity contribution in [2.24, 2.45) is 5.92 Å². The molecule has 0 N–H and O–H groups in total. The minimum absolute atomic E-state index is 0.833. The number of benzene rings is 1. The molecular formula is C25H32N2O2S. The molecule has 1 saturated carbocycles. The molecule has 0 amide bonds. The molecule has 0 saturated heterocycles. The van der Waals surface area contributed by atoms with E-state index < -0.39 is 0 Å². The summed E-state index contributed by atoms with van der Waals surface area (Å²) in [4.78, 5) is 2.59. The highest BCUT2D eigenvalue weighted by molar-refractivity contribution is 7.17. The van der Waals surface area contributed by atoms with Crippen molar-refractivity contribution in [2.45, 2.75) is 58.2 Å². The highest BCUT2D eigenvalue weighted by Crippen LogP contribution is 2.35. The lowest BCUT2D eigenvalue weighted by molar-refractivity contribution is 0.234. The molecule has 0 atom stereocenters. The van der Waals surface area contributed by atoms with E-state index in [-0.39, 0.29) is 0 Å². The van der Waals surface area contributed by atoms with Gasteiger partial charge in [0.1, 0.15) is 0 Å². The van der Waals surface area contributed by atoms with Crippen molar-refractivity contribution in [3.8, 4) is 11.5 Å². The van der Waals surface area contributed by atoms with Crippen molar-refractivity contribution in [1.29, 1.82) is 0 Å². The maximum absolute atomic E-state index is 5.54. The molecule has 0 radical (unpaired) electrons. The Morgan fingerprint density at radius 1 is 1.00 bits per heavy atom. The van der Waals surface area contributed by atoms with Crippen LogP contribution >= 0.6 is 11.3 Å². The second-order valence-electron chi connectivity index (χ2n) is 8.86. The van der Waals surface area contributed by atoms with Gasteiger partial charge in [-0.25, -0.2) is 0 Å². The van der Waals surface area contributed by atoms with Crippen LogP contribution in [-0.2, 0) is 26.1 Å². The summed E-state index contributed by atoms with van der Waals surface area (Å²) in [6, 6.07) is 9.08. The Hall–Kier alpha value is -1.98. The number of fused-ring (bicyclic) bond motifs is 2. The molecule has 5 heteroatoms. The highest BCUT2D eigenvalue weighted by Gasteiger charge is 2.23. The van der Waals surface area contributed by atoms with Crippen molar-refractivity contribution >= 4 is 21.6 Å². The van der Waals surface area contributed by atoms with Gasteiger partial charge >= 0.3 is 0 Å². The van der Waals surface area contributed by atoms with Gasteiger partial charge in [-0.3, -0.25) is 4.90 Å². The first kappa shape index (κ1) is 20.0. The largest absolute Gasteiger partial charge is 0.493 e. The Bertz CT molecular complexity index is 1020. The topological polar surface area (TPSA) is 26.6 Å². The number of hydrogen-bond donors (Lipinski definition) is 0. The third-order valence-corrected chi connectivity index (χ3v) is 7.81. The van der Waals surface area contributed by atoms with Crippen molar-refractivity contribution in [1.82, 2.24) is 9.47 Å². The molecular weight excluding hydrogens is 392 g/mol. The van der Waals surface area contributed by atoms with Gasteiger partial charge in [-0.2, -0.15) is 0 Å². The van der Waals surface area contributed by atoms with Crippen LogP contribution in [0.5, 0.6) is 11.5 Å². The van der Waals surface area contributed by atoms with Crippen LogP contribution in [-0.4, -0.2) is 30.2 Å². The Labute approximate surface area is 183 Å². The van der Waals surface area contributed by atoms with Gasteiger partial charge in [0, 0.05) is 31.9 Å². The van der Waals surface area contributed by atoms with Crippen LogP contribution in [0.3, 0.4) is 0 Å². The molecule has 3 aromatic rings. The average molecular weight is 425 g/mol. The van der Waals surface area contributed by atoms with Gasteiger partial charge in [-0.1, -0.05) is 19.3 Å². The number of rotatable bonds is 6.